The molecule has 0 saturated carbocycles. The van der Waals surface area contributed by atoms with Crippen LogP contribution < -0.4 is 19.5 Å². The van der Waals surface area contributed by atoms with Gasteiger partial charge >= 0.3 is 0 Å². The topological polar surface area (TPSA) is 69.2 Å². The molecule has 1 amide bonds. The Labute approximate surface area is 231 Å². The number of nitrogens with one attached hydrogen (secondary N) is 1. The van der Waals surface area contributed by atoms with E-state index < -0.39 is 0 Å². The van der Waals surface area contributed by atoms with Crippen molar-refractivity contribution >= 4 is 73.7 Å². The van der Waals surface area contributed by atoms with Gasteiger partial charge in [-0.3, -0.25) is 4.79 Å². The molecule has 1 saturated heterocycles. The Morgan fingerprint density at radius 1 is 1.03 bits per heavy atom. The van der Waals surface area contributed by atoms with Crippen LogP contribution in [0.2, 0.25) is 10.0 Å². The summed E-state index contributed by atoms with van der Waals surface area (Å²) in [5.41, 5.74) is 2.34. The molecule has 1 aliphatic heterocycles. The molecule has 10 heteroatoms. The molecule has 36 heavy (non-hydrogen) atoms. The number of amidine groups is 1. The summed E-state index contributed by atoms with van der Waals surface area (Å²) in [6, 6.07) is 16.3. The molecule has 1 fully saturated rings. The van der Waals surface area contributed by atoms with Crippen LogP contribution in [0.25, 0.3) is 6.08 Å². The summed E-state index contributed by atoms with van der Waals surface area (Å²) in [5.74, 6) is 1.61. The van der Waals surface area contributed by atoms with Crippen LogP contribution in [-0.2, 0) is 11.4 Å². The molecule has 4 rings (SSSR count). The third-order valence-corrected chi connectivity index (χ3v) is 7.31. The van der Waals surface area contributed by atoms with Crippen molar-refractivity contribution in [2.45, 2.75) is 13.5 Å². The summed E-state index contributed by atoms with van der Waals surface area (Å²) >= 11 is 16.9. The highest BCUT2D eigenvalue weighted by Crippen LogP contribution is 2.37. The summed E-state index contributed by atoms with van der Waals surface area (Å²) in [4.78, 5) is 17.6. The van der Waals surface area contributed by atoms with Crippen LogP contribution in [0, 0.1) is 0 Å². The Bertz CT molecular complexity index is 1350. The van der Waals surface area contributed by atoms with Gasteiger partial charge in [-0.25, -0.2) is 4.99 Å². The highest BCUT2D eigenvalue weighted by molar-refractivity contribution is 9.10. The molecule has 1 N–H and O–H groups in total. The Morgan fingerprint density at radius 2 is 1.81 bits per heavy atom. The third kappa shape index (κ3) is 6.56. The predicted molar refractivity (Wildman–Crippen MR) is 150 cm³/mol. The fraction of sp³-hybridized carbons (Fsp3) is 0.154. The van der Waals surface area contributed by atoms with Crippen molar-refractivity contribution in [2.75, 3.05) is 13.7 Å². The van der Waals surface area contributed by atoms with E-state index in [1.54, 1.807) is 37.5 Å². The number of ether oxygens (including phenoxy) is 3. The van der Waals surface area contributed by atoms with Crippen LogP contribution in [0.5, 0.6) is 17.2 Å². The first-order valence-electron chi connectivity index (χ1n) is 10.8. The fourth-order valence-electron chi connectivity index (χ4n) is 3.25. The van der Waals surface area contributed by atoms with E-state index in [0.717, 1.165) is 21.3 Å². The van der Waals surface area contributed by atoms with Crippen LogP contribution in [0.3, 0.4) is 0 Å². The molecule has 0 unspecified atom stereocenters. The lowest BCUT2D eigenvalue weighted by Gasteiger charge is -2.13. The molecule has 1 aliphatic rings. The monoisotopic (exact) mass is 606 g/mol. The smallest absolute Gasteiger partial charge is 0.264 e. The van der Waals surface area contributed by atoms with Crippen LogP contribution in [-0.4, -0.2) is 24.8 Å². The summed E-state index contributed by atoms with van der Waals surface area (Å²) in [6.45, 7) is 2.81. The number of thioether (sulfide) groups is 1. The number of carbonyl (C=O) groups is 1. The number of amides is 1. The molecule has 186 valence electrons. The molecule has 0 bridgehead atoms. The van der Waals surface area contributed by atoms with E-state index in [1.807, 2.05) is 37.3 Å². The second kappa shape index (κ2) is 12.1. The number of rotatable bonds is 8. The van der Waals surface area contributed by atoms with E-state index in [-0.39, 0.29) is 12.5 Å². The van der Waals surface area contributed by atoms with Crippen molar-refractivity contribution in [1.82, 2.24) is 5.32 Å². The number of hydrogen-bond acceptors (Lipinski definition) is 6. The number of halogens is 3. The van der Waals surface area contributed by atoms with Crippen molar-refractivity contribution in [3.05, 3.63) is 85.1 Å². The summed E-state index contributed by atoms with van der Waals surface area (Å²) in [7, 11) is 1.56. The normalized spacial score (nSPS) is 15.3. The lowest BCUT2D eigenvalue weighted by molar-refractivity contribution is -0.115. The largest absolute Gasteiger partial charge is 0.494 e. The average Bonchev–Trinajstić information content (AvgIpc) is 3.20. The van der Waals surface area contributed by atoms with Gasteiger partial charge in [0.1, 0.15) is 12.4 Å². The molecule has 0 aliphatic carbocycles. The van der Waals surface area contributed by atoms with Gasteiger partial charge in [-0.2, -0.15) is 0 Å². The van der Waals surface area contributed by atoms with Crippen molar-refractivity contribution in [3.63, 3.8) is 0 Å². The van der Waals surface area contributed by atoms with E-state index >= 15 is 0 Å². The molecule has 1 heterocycles. The lowest BCUT2D eigenvalue weighted by atomic mass is 10.1. The summed E-state index contributed by atoms with van der Waals surface area (Å²) < 4.78 is 17.7. The van der Waals surface area contributed by atoms with E-state index in [9.17, 15) is 4.79 Å². The van der Waals surface area contributed by atoms with Gasteiger partial charge in [0, 0.05) is 4.47 Å². The molecular formula is C26H21BrCl2N2O4S. The maximum absolute atomic E-state index is 12.6. The SMILES string of the molecule is CCOc1ccc(N=C2NC(=O)/C(=C\c3cc(OC)c(OCc4ccc(Cl)c(Cl)c4)cc3Br)S2)cc1. The van der Waals surface area contributed by atoms with Crippen molar-refractivity contribution in [3.8, 4) is 17.2 Å². The molecule has 6 nitrogen and oxygen atoms in total. The quantitative estimate of drug-likeness (QED) is 0.267. The number of benzene rings is 3. The number of methoxy groups -OCH3 is 1. The van der Waals surface area contributed by atoms with E-state index in [0.29, 0.717) is 43.9 Å². The van der Waals surface area contributed by atoms with Crippen molar-refractivity contribution < 1.29 is 19.0 Å². The first-order chi connectivity index (χ1) is 17.4. The Kier molecular flexibility index (Phi) is 8.85. The third-order valence-electron chi connectivity index (χ3n) is 4.98. The molecule has 0 spiro atoms. The Morgan fingerprint density at radius 3 is 2.50 bits per heavy atom. The van der Waals surface area contributed by atoms with E-state index in [2.05, 4.69) is 26.2 Å². The average molecular weight is 608 g/mol. The fourth-order valence-corrected chi connectivity index (χ4v) is 4.84. The van der Waals surface area contributed by atoms with Gasteiger partial charge in [-0.05, 0) is 84.4 Å². The van der Waals surface area contributed by atoms with Gasteiger partial charge in [-0.15, -0.1) is 0 Å². The number of nitrogens with zero attached hydrogens (tertiary/aromatic N) is 1. The number of carbonyl (C=O) groups excluding carboxylic acids is 1. The zero-order valence-corrected chi connectivity index (χ0v) is 23.2. The van der Waals surface area contributed by atoms with Gasteiger partial charge in [0.15, 0.2) is 16.7 Å². The van der Waals surface area contributed by atoms with E-state index in [4.69, 9.17) is 37.4 Å². The summed E-state index contributed by atoms with van der Waals surface area (Å²) in [6.07, 6.45) is 1.77. The van der Waals surface area contributed by atoms with Crippen molar-refractivity contribution in [1.29, 1.82) is 0 Å². The molecule has 3 aromatic carbocycles. The van der Waals surface area contributed by atoms with Crippen molar-refractivity contribution in [2.24, 2.45) is 4.99 Å². The second-order valence-electron chi connectivity index (χ2n) is 7.47. The predicted octanol–water partition coefficient (Wildman–Crippen LogP) is 7.63. The van der Waals surface area contributed by atoms with Crippen LogP contribution >= 0.6 is 50.9 Å². The zero-order chi connectivity index (χ0) is 25.7. The van der Waals surface area contributed by atoms with E-state index in [1.165, 1.54) is 11.8 Å². The summed E-state index contributed by atoms with van der Waals surface area (Å²) in [5, 5.41) is 4.25. The van der Waals surface area contributed by atoms with Gasteiger partial charge < -0.3 is 19.5 Å². The van der Waals surface area contributed by atoms with Crippen LogP contribution in [0.1, 0.15) is 18.1 Å². The highest BCUT2D eigenvalue weighted by Gasteiger charge is 2.24. The Balaban J connectivity index is 1.50. The minimum absolute atomic E-state index is 0.226. The minimum atomic E-state index is -0.226. The lowest BCUT2D eigenvalue weighted by Crippen LogP contribution is -2.19. The first kappa shape index (κ1) is 26.4. The maximum atomic E-state index is 12.6. The second-order valence-corrected chi connectivity index (χ2v) is 10.2. The standard InChI is InChI=1S/C26H21BrCl2N2O4S/c1-3-34-18-7-5-17(6-8-18)30-26-31-25(32)24(36-26)12-16-11-22(33-2)23(13-19(16)27)35-14-15-4-9-20(28)21(29)10-15/h4-13H,3,14H2,1-2H3,(H,30,31,32)/b24-12+. The number of aliphatic imine (C=N–C) groups is 1. The molecule has 0 aromatic heterocycles. The number of hydrogen-bond donors (Lipinski definition) is 1. The Hall–Kier alpha value is -2.65. The van der Waals surface area contributed by atoms with Gasteiger partial charge in [0.2, 0.25) is 0 Å². The van der Waals surface area contributed by atoms with Crippen LogP contribution in [0.15, 0.2) is 69.0 Å². The molecule has 3 aromatic rings. The first-order valence-corrected chi connectivity index (χ1v) is 13.2. The van der Waals surface area contributed by atoms with Gasteiger partial charge in [-0.1, -0.05) is 45.2 Å². The van der Waals surface area contributed by atoms with Crippen LogP contribution in [0.4, 0.5) is 5.69 Å². The highest BCUT2D eigenvalue weighted by atomic mass is 79.9. The van der Waals surface area contributed by atoms with Gasteiger partial charge in [0.25, 0.3) is 5.91 Å². The minimum Gasteiger partial charge on any atom is -0.494 e. The zero-order valence-electron chi connectivity index (χ0n) is 19.3. The van der Waals surface area contributed by atoms with Gasteiger partial charge in [0.05, 0.1) is 34.4 Å². The molecule has 0 radical (unpaired) electrons. The molecular weight excluding hydrogens is 587 g/mol. The maximum Gasteiger partial charge on any atom is 0.264 e. The molecule has 0 atom stereocenters.